The Balaban J connectivity index is 1.44. The molecular formula is C28H31F3N4O3S. The number of halogens is 3. The average molecular weight is 561 g/mol. The Morgan fingerprint density at radius 2 is 1.74 bits per heavy atom. The van der Waals surface area contributed by atoms with Gasteiger partial charge in [0.05, 0.1) is 10.6 Å². The highest BCUT2D eigenvalue weighted by atomic mass is 32.2. The molecule has 0 spiro atoms. The van der Waals surface area contributed by atoms with Crippen LogP contribution in [0, 0.1) is 13.8 Å². The number of allylic oxidation sites excluding steroid dienone is 1. The van der Waals surface area contributed by atoms with Gasteiger partial charge in [-0.2, -0.15) is 13.2 Å². The number of rotatable bonds is 7. The van der Waals surface area contributed by atoms with Crippen LogP contribution in [0.2, 0.25) is 0 Å². The lowest BCUT2D eigenvalue weighted by Crippen LogP contribution is -2.47. The highest BCUT2D eigenvalue weighted by molar-refractivity contribution is 7.92. The zero-order valence-electron chi connectivity index (χ0n) is 22.0. The third-order valence-corrected chi connectivity index (χ3v) is 8.45. The summed E-state index contributed by atoms with van der Waals surface area (Å²) in [5.74, 6) is 0.420. The van der Waals surface area contributed by atoms with Gasteiger partial charge >= 0.3 is 5.51 Å². The molecule has 0 saturated carbocycles. The van der Waals surface area contributed by atoms with E-state index in [-0.39, 0.29) is 11.9 Å². The Hall–Kier alpha value is -3.44. The number of likely N-dealkylation sites (tertiary alicyclic amines) is 1. The predicted molar refractivity (Wildman–Crippen MR) is 144 cm³/mol. The molecule has 208 valence electrons. The zero-order chi connectivity index (χ0) is 28.4. The highest BCUT2D eigenvalue weighted by Gasteiger charge is 2.46. The summed E-state index contributed by atoms with van der Waals surface area (Å²) in [5.41, 5.74) is -1.28. The van der Waals surface area contributed by atoms with Crippen molar-refractivity contribution in [2.45, 2.75) is 56.6 Å². The summed E-state index contributed by atoms with van der Waals surface area (Å²) in [6, 6.07) is 12.4. The monoisotopic (exact) mass is 560 g/mol. The minimum Gasteiger partial charge on any atom is -0.342 e. The quantitative estimate of drug-likeness (QED) is 0.383. The lowest BCUT2D eigenvalue weighted by atomic mass is 10.0. The van der Waals surface area contributed by atoms with E-state index in [1.165, 1.54) is 12.1 Å². The number of hydrogen-bond donors (Lipinski definition) is 1. The van der Waals surface area contributed by atoms with E-state index >= 15 is 0 Å². The fraction of sp³-hybridized carbons (Fsp3) is 0.357. The van der Waals surface area contributed by atoms with Crippen LogP contribution in [0.4, 0.5) is 18.9 Å². The van der Waals surface area contributed by atoms with Gasteiger partial charge in [0.25, 0.3) is 15.7 Å². The molecule has 1 saturated heterocycles. The van der Waals surface area contributed by atoms with E-state index in [2.05, 4.69) is 14.9 Å². The summed E-state index contributed by atoms with van der Waals surface area (Å²) in [4.78, 5) is 24.1. The first kappa shape index (κ1) is 28.6. The lowest BCUT2D eigenvalue weighted by Gasteiger charge is -2.38. The van der Waals surface area contributed by atoms with Crippen molar-refractivity contribution in [3.8, 4) is 11.4 Å². The SMILES string of the molecule is C/C=C/C(=O)N(c1ccccc1C)C1CCN(Cc2nc(-c3ccc(S(=O)(=O)C(F)(F)F)cc3)[nH]c2C)CC1. The number of alkyl halides is 3. The van der Waals surface area contributed by atoms with E-state index in [0.717, 1.165) is 60.7 Å². The predicted octanol–water partition coefficient (Wildman–Crippen LogP) is 5.56. The second kappa shape index (κ2) is 11.4. The number of para-hydroxylation sites is 1. The van der Waals surface area contributed by atoms with Gasteiger partial charge in [0.15, 0.2) is 0 Å². The molecule has 1 aromatic heterocycles. The van der Waals surface area contributed by atoms with Crippen LogP contribution >= 0.6 is 0 Å². The molecule has 39 heavy (non-hydrogen) atoms. The van der Waals surface area contributed by atoms with Crippen molar-refractivity contribution in [3.63, 3.8) is 0 Å². The van der Waals surface area contributed by atoms with Crippen molar-refractivity contribution in [1.29, 1.82) is 0 Å². The first-order valence-corrected chi connectivity index (χ1v) is 14.1. The number of aromatic nitrogens is 2. The minimum absolute atomic E-state index is 0.0351. The van der Waals surface area contributed by atoms with E-state index in [0.29, 0.717) is 17.9 Å². The fourth-order valence-corrected chi connectivity index (χ4v) is 5.57. The first-order chi connectivity index (χ1) is 18.4. The molecule has 7 nitrogen and oxygen atoms in total. The maximum absolute atomic E-state index is 13.0. The molecule has 2 heterocycles. The molecule has 1 aliphatic heterocycles. The van der Waals surface area contributed by atoms with Crippen molar-refractivity contribution in [2.24, 2.45) is 0 Å². The second-order valence-corrected chi connectivity index (χ2v) is 11.6. The van der Waals surface area contributed by atoms with Crippen LogP contribution in [0.1, 0.15) is 36.7 Å². The summed E-state index contributed by atoms with van der Waals surface area (Å²) in [6.07, 6.45) is 4.94. The number of imidazole rings is 1. The molecule has 4 rings (SSSR count). The number of nitrogens with zero attached hydrogens (tertiary/aromatic N) is 3. The van der Waals surface area contributed by atoms with Gasteiger partial charge in [-0.3, -0.25) is 9.69 Å². The Morgan fingerprint density at radius 3 is 2.33 bits per heavy atom. The molecule has 1 fully saturated rings. The van der Waals surface area contributed by atoms with Gasteiger partial charge in [-0.05, 0) is 75.6 Å². The van der Waals surface area contributed by atoms with Crippen molar-refractivity contribution in [3.05, 3.63) is 77.6 Å². The van der Waals surface area contributed by atoms with Crippen LogP contribution in [-0.2, 0) is 21.2 Å². The smallest absolute Gasteiger partial charge is 0.342 e. The summed E-state index contributed by atoms with van der Waals surface area (Å²) >= 11 is 0. The van der Waals surface area contributed by atoms with Crippen LogP contribution in [0.5, 0.6) is 0 Å². The summed E-state index contributed by atoms with van der Waals surface area (Å²) in [6.45, 7) is 7.81. The van der Waals surface area contributed by atoms with Crippen LogP contribution < -0.4 is 4.90 Å². The number of H-pyrrole nitrogens is 1. The van der Waals surface area contributed by atoms with Gasteiger partial charge in [0.2, 0.25) is 0 Å². The second-order valence-electron chi connectivity index (χ2n) is 9.63. The normalized spacial score (nSPS) is 15.6. The summed E-state index contributed by atoms with van der Waals surface area (Å²) in [5, 5.41) is 0. The largest absolute Gasteiger partial charge is 0.501 e. The molecule has 1 N–H and O–H groups in total. The maximum atomic E-state index is 13.0. The Bertz CT molecular complexity index is 1460. The molecule has 0 atom stereocenters. The number of piperidine rings is 1. The summed E-state index contributed by atoms with van der Waals surface area (Å²) < 4.78 is 61.8. The molecule has 0 bridgehead atoms. The zero-order valence-corrected chi connectivity index (χ0v) is 22.8. The lowest BCUT2D eigenvalue weighted by molar-refractivity contribution is -0.114. The fourth-order valence-electron chi connectivity index (χ4n) is 4.81. The van der Waals surface area contributed by atoms with Gasteiger partial charge in [-0.1, -0.05) is 24.3 Å². The molecule has 1 amide bonds. The van der Waals surface area contributed by atoms with E-state index in [1.807, 2.05) is 49.9 Å². The van der Waals surface area contributed by atoms with Crippen molar-refractivity contribution >= 4 is 21.4 Å². The number of aryl methyl sites for hydroxylation is 2. The van der Waals surface area contributed by atoms with E-state index in [4.69, 9.17) is 0 Å². The number of hydrogen-bond acceptors (Lipinski definition) is 5. The van der Waals surface area contributed by atoms with Gasteiger partial charge in [-0.25, -0.2) is 13.4 Å². The number of anilines is 1. The number of nitrogens with one attached hydrogen (secondary N) is 1. The van der Waals surface area contributed by atoms with Gasteiger partial charge in [-0.15, -0.1) is 0 Å². The molecule has 2 aromatic carbocycles. The van der Waals surface area contributed by atoms with Crippen LogP contribution in [0.3, 0.4) is 0 Å². The van der Waals surface area contributed by atoms with Gasteiger partial charge in [0, 0.05) is 42.6 Å². The summed E-state index contributed by atoms with van der Waals surface area (Å²) in [7, 11) is -5.40. The Kier molecular flexibility index (Phi) is 8.31. The van der Waals surface area contributed by atoms with E-state index < -0.39 is 20.2 Å². The molecule has 11 heteroatoms. The Labute approximate surface area is 226 Å². The molecule has 0 radical (unpaired) electrons. The van der Waals surface area contributed by atoms with Gasteiger partial charge in [0.1, 0.15) is 5.82 Å². The standard InChI is InChI=1S/C28H31F3N4O3S/c1-4-7-26(36)35(25-9-6-5-8-19(25)2)22-14-16-34(17-15-22)18-24-20(3)32-27(33-24)21-10-12-23(13-11-21)39(37,38)28(29,30)31/h4-13,22H,14-18H2,1-3H3,(H,32,33)/b7-4+. The maximum Gasteiger partial charge on any atom is 0.501 e. The average Bonchev–Trinajstić information content (AvgIpc) is 3.26. The van der Waals surface area contributed by atoms with Crippen LogP contribution in [0.25, 0.3) is 11.4 Å². The number of amides is 1. The van der Waals surface area contributed by atoms with E-state index in [9.17, 15) is 26.4 Å². The number of carbonyl (C=O) groups excluding carboxylic acids is 1. The third kappa shape index (κ3) is 6.09. The molecule has 3 aromatic rings. The van der Waals surface area contributed by atoms with E-state index in [1.54, 1.807) is 12.2 Å². The van der Waals surface area contributed by atoms with Crippen molar-refractivity contribution in [1.82, 2.24) is 14.9 Å². The third-order valence-electron chi connectivity index (χ3n) is 6.95. The Morgan fingerprint density at radius 1 is 1.10 bits per heavy atom. The molecule has 1 aliphatic rings. The number of sulfone groups is 1. The van der Waals surface area contributed by atoms with Crippen molar-refractivity contribution < 1.29 is 26.4 Å². The number of benzene rings is 2. The molecular weight excluding hydrogens is 529 g/mol. The molecule has 0 aliphatic carbocycles. The van der Waals surface area contributed by atoms with Crippen LogP contribution in [0.15, 0.2) is 65.6 Å². The number of aromatic amines is 1. The van der Waals surface area contributed by atoms with Gasteiger partial charge < -0.3 is 9.88 Å². The molecule has 0 unspecified atom stereocenters. The number of carbonyl (C=O) groups is 1. The minimum atomic E-state index is -5.40. The van der Waals surface area contributed by atoms with Crippen molar-refractivity contribution in [2.75, 3.05) is 18.0 Å². The highest BCUT2D eigenvalue weighted by Crippen LogP contribution is 2.32. The first-order valence-electron chi connectivity index (χ1n) is 12.6. The topological polar surface area (TPSA) is 86.4 Å². The van der Waals surface area contributed by atoms with Crippen LogP contribution in [-0.4, -0.2) is 53.8 Å².